The summed E-state index contributed by atoms with van der Waals surface area (Å²) in [5, 5.41) is 0. The summed E-state index contributed by atoms with van der Waals surface area (Å²) in [4.78, 5) is 27.9. The molecule has 3 rings (SSSR count). The number of likely N-dealkylation sites (tertiary alicyclic amines) is 1. The fraction of sp³-hybridized carbons (Fsp3) is 0.556. The first-order valence-electron chi connectivity index (χ1n) is 9.00. The van der Waals surface area contributed by atoms with E-state index in [4.69, 9.17) is 0 Å². The summed E-state index contributed by atoms with van der Waals surface area (Å²) in [6.07, 6.45) is 2.84. The van der Waals surface area contributed by atoms with Gasteiger partial charge in [0.25, 0.3) is 10.0 Å². The predicted molar refractivity (Wildman–Crippen MR) is 98.3 cm³/mol. The maximum absolute atomic E-state index is 12.6. The molecule has 1 fully saturated rings. The van der Waals surface area contributed by atoms with Crippen LogP contribution in [0.4, 0.5) is 5.69 Å². The molecule has 1 saturated heterocycles. The number of fused-ring (bicyclic) bond motifs is 1. The Morgan fingerprint density at radius 3 is 2.77 bits per heavy atom. The van der Waals surface area contributed by atoms with E-state index < -0.39 is 21.8 Å². The molecule has 1 atom stereocenters. The number of rotatable bonds is 4. The van der Waals surface area contributed by atoms with Crippen LogP contribution in [0.25, 0.3) is 0 Å². The molecular weight excluding hydrogens is 354 g/mol. The number of anilines is 1. The van der Waals surface area contributed by atoms with Crippen molar-refractivity contribution in [3.05, 3.63) is 23.8 Å². The minimum atomic E-state index is -3.93. The number of sulfonamides is 1. The number of aryl methyl sites for hydroxylation is 1. The first kappa shape index (κ1) is 18.7. The smallest absolute Gasteiger partial charge is 0.264 e. The van der Waals surface area contributed by atoms with Crippen molar-refractivity contribution in [2.75, 3.05) is 31.6 Å². The monoisotopic (exact) mass is 379 g/mol. The fourth-order valence-electron chi connectivity index (χ4n) is 3.60. The van der Waals surface area contributed by atoms with E-state index in [0.29, 0.717) is 19.4 Å². The zero-order valence-electron chi connectivity index (χ0n) is 15.2. The van der Waals surface area contributed by atoms with Gasteiger partial charge in [0.15, 0.2) is 0 Å². The number of hydrogen-bond donors (Lipinski definition) is 1. The quantitative estimate of drug-likeness (QED) is 0.848. The van der Waals surface area contributed by atoms with Crippen molar-refractivity contribution < 1.29 is 18.0 Å². The van der Waals surface area contributed by atoms with Crippen LogP contribution in [0.15, 0.2) is 23.1 Å². The van der Waals surface area contributed by atoms with Gasteiger partial charge in [-0.3, -0.25) is 9.59 Å². The van der Waals surface area contributed by atoms with E-state index in [1.807, 2.05) is 18.0 Å². The molecule has 1 aromatic carbocycles. The Balaban J connectivity index is 1.72. The SMILES string of the molecule is CCC(=O)N1CCC(C(=O)NS(=O)(=O)c2ccc3c(c2)N(C)CCC3)C1. The molecule has 26 heavy (non-hydrogen) atoms. The Labute approximate surface area is 154 Å². The van der Waals surface area contributed by atoms with Crippen LogP contribution in [0.2, 0.25) is 0 Å². The zero-order chi connectivity index (χ0) is 18.9. The lowest BCUT2D eigenvalue weighted by Gasteiger charge is -2.27. The molecule has 0 saturated carbocycles. The van der Waals surface area contributed by atoms with Crippen LogP contribution >= 0.6 is 0 Å². The molecule has 0 radical (unpaired) electrons. The average molecular weight is 379 g/mol. The van der Waals surface area contributed by atoms with E-state index in [1.54, 1.807) is 24.0 Å². The Morgan fingerprint density at radius 1 is 1.27 bits per heavy atom. The second-order valence-electron chi connectivity index (χ2n) is 6.96. The van der Waals surface area contributed by atoms with Gasteiger partial charge in [-0.15, -0.1) is 0 Å². The summed E-state index contributed by atoms with van der Waals surface area (Å²) < 4.78 is 27.5. The van der Waals surface area contributed by atoms with Gasteiger partial charge in [-0.1, -0.05) is 13.0 Å². The summed E-state index contributed by atoms with van der Waals surface area (Å²) in [5.41, 5.74) is 2.01. The van der Waals surface area contributed by atoms with Crippen LogP contribution in [0.1, 0.15) is 31.7 Å². The van der Waals surface area contributed by atoms with Crippen molar-refractivity contribution in [1.82, 2.24) is 9.62 Å². The molecule has 7 nitrogen and oxygen atoms in total. The number of benzene rings is 1. The van der Waals surface area contributed by atoms with Gasteiger partial charge in [-0.05, 0) is 37.0 Å². The average Bonchev–Trinajstić information content (AvgIpc) is 3.11. The molecular formula is C18H25N3O4S. The molecule has 0 bridgehead atoms. The molecule has 8 heteroatoms. The molecule has 2 aliphatic heterocycles. The predicted octanol–water partition coefficient (Wildman–Crippen LogP) is 1.13. The Kier molecular flexibility index (Phi) is 5.22. The van der Waals surface area contributed by atoms with Crippen molar-refractivity contribution in [2.24, 2.45) is 5.92 Å². The van der Waals surface area contributed by atoms with Crippen molar-refractivity contribution in [3.8, 4) is 0 Å². The van der Waals surface area contributed by atoms with Crippen molar-refractivity contribution in [3.63, 3.8) is 0 Å². The van der Waals surface area contributed by atoms with E-state index in [-0.39, 0.29) is 17.3 Å². The van der Waals surface area contributed by atoms with Crippen LogP contribution < -0.4 is 9.62 Å². The number of hydrogen-bond acceptors (Lipinski definition) is 5. The minimum absolute atomic E-state index is 0.0131. The maximum atomic E-state index is 12.6. The first-order valence-corrected chi connectivity index (χ1v) is 10.5. The standard InChI is InChI=1S/C18H25N3O4S/c1-3-17(22)21-10-8-14(12-21)18(23)19-26(24,25)15-7-6-13-5-4-9-20(2)16(13)11-15/h6-7,11,14H,3-5,8-10,12H2,1-2H3,(H,19,23). The molecule has 2 aliphatic rings. The van der Waals surface area contributed by atoms with Crippen LogP contribution in [0, 0.1) is 5.92 Å². The highest BCUT2D eigenvalue weighted by molar-refractivity contribution is 7.90. The second-order valence-corrected chi connectivity index (χ2v) is 8.65. The number of amides is 2. The lowest BCUT2D eigenvalue weighted by molar-refractivity contribution is -0.130. The van der Waals surface area contributed by atoms with Crippen LogP contribution in [-0.4, -0.2) is 51.8 Å². The molecule has 1 N–H and O–H groups in total. The van der Waals surface area contributed by atoms with Gasteiger partial charge in [0, 0.05) is 38.8 Å². The van der Waals surface area contributed by atoms with Gasteiger partial charge >= 0.3 is 0 Å². The second kappa shape index (κ2) is 7.26. The number of nitrogens with zero attached hydrogens (tertiary/aromatic N) is 2. The molecule has 2 heterocycles. The lowest BCUT2D eigenvalue weighted by atomic mass is 10.0. The molecule has 1 unspecified atom stereocenters. The summed E-state index contributed by atoms with van der Waals surface area (Å²) in [5.74, 6) is -1.04. The molecule has 1 aromatic rings. The Bertz CT molecular complexity index is 822. The van der Waals surface area contributed by atoms with E-state index in [2.05, 4.69) is 4.72 Å². The molecule has 0 spiro atoms. The number of carbonyl (C=O) groups excluding carboxylic acids is 2. The topological polar surface area (TPSA) is 86.8 Å². The lowest BCUT2D eigenvalue weighted by Crippen LogP contribution is -2.37. The highest BCUT2D eigenvalue weighted by Crippen LogP contribution is 2.28. The van der Waals surface area contributed by atoms with E-state index in [0.717, 1.165) is 30.6 Å². The molecule has 0 aromatic heterocycles. The summed E-state index contributed by atoms with van der Waals surface area (Å²) >= 11 is 0. The molecule has 2 amide bonds. The summed E-state index contributed by atoms with van der Waals surface area (Å²) in [6, 6.07) is 5.00. The third-order valence-corrected chi connectivity index (χ3v) is 6.51. The van der Waals surface area contributed by atoms with Gasteiger partial charge in [0.2, 0.25) is 11.8 Å². The highest BCUT2D eigenvalue weighted by atomic mass is 32.2. The van der Waals surface area contributed by atoms with E-state index in [9.17, 15) is 18.0 Å². The zero-order valence-corrected chi connectivity index (χ0v) is 16.0. The van der Waals surface area contributed by atoms with Crippen LogP contribution in [0.3, 0.4) is 0 Å². The number of nitrogens with one attached hydrogen (secondary N) is 1. The maximum Gasteiger partial charge on any atom is 0.264 e. The Morgan fingerprint density at radius 2 is 2.04 bits per heavy atom. The van der Waals surface area contributed by atoms with Crippen molar-refractivity contribution >= 4 is 27.5 Å². The third kappa shape index (κ3) is 3.70. The van der Waals surface area contributed by atoms with Crippen molar-refractivity contribution in [2.45, 2.75) is 37.5 Å². The van der Waals surface area contributed by atoms with E-state index in [1.165, 1.54) is 0 Å². The van der Waals surface area contributed by atoms with E-state index >= 15 is 0 Å². The minimum Gasteiger partial charge on any atom is -0.374 e. The van der Waals surface area contributed by atoms with Gasteiger partial charge < -0.3 is 9.80 Å². The summed E-state index contributed by atoms with van der Waals surface area (Å²) in [7, 11) is -1.99. The van der Waals surface area contributed by atoms with Gasteiger partial charge in [0.1, 0.15) is 0 Å². The van der Waals surface area contributed by atoms with Gasteiger partial charge in [-0.2, -0.15) is 0 Å². The van der Waals surface area contributed by atoms with Crippen LogP contribution in [0.5, 0.6) is 0 Å². The normalized spacial score (nSPS) is 20.0. The summed E-state index contributed by atoms with van der Waals surface area (Å²) in [6.45, 7) is 3.43. The van der Waals surface area contributed by atoms with Crippen molar-refractivity contribution in [1.29, 1.82) is 0 Å². The number of carbonyl (C=O) groups is 2. The Hall–Kier alpha value is -2.09. The molecule has 142 valence electrons. The van der Waals surface area contributed by atoms with Gasteiger partial charge in [-0.25, -0.2) is 13.1 Å². The third-order valence-electron chi connectivity index (χ3n) is 5.17. The fourth-order valence-corrected chi connectivity index (χ4v) is 4.67. The molecule has 0 aliphatic carbocycles. The van der Waals surface area contributed by atoms with Crippen LogP contribution in [-0.2, 0) is 26.0 Å². The highest BCUT2D eigenvalue weighted by Gasteiger charge is 2.33. The largest absolute Gasteiger partial charge is 0.374 e. The first-order chi connectivity index (χ1) is 12.3. The van der Waals surface area contributed by atoms with Gasteiger partial charge in [0.05, 0.1) is 10.8 Å².